The molecule has 11 nitrogen and oxygen atoms in total. The van der Waals surface area contributed by atoms with Crippen molar-refractivity contribution in [3.05, 3.63) is 72.9 Å². The molecule has 0 amide bonds. The molecule has 0 rings (SSSR count). The van der Waals surface area contributed by atoms with Gasteiger partial charge in [0, 0.05) is 19.3 Å². The van der Waals surface area contributed by atoms with Gasteiger partial charge in [0.15, 0.2) is 6.10 Å². The highest BCUT2D eigenvalue weighted by Gasteiger charge is 2.28. The topological polar surface area (TPSA) is 155 Å². The number of ether oxygens (including phenoxy) is 3. The zero-order chi connectivity index (χ0) is 54.1. The lowest BCUT2D eigenvalue weighted by Crippen LogP contribution is -2.30. The highest BCUT2D eigenvalue weighted by Crippen LogP contribution is 2.43. The van der Waals surface area contributed by atoms with Crippen molar-refractivity contribution in [3.8, 4) is 0 Å². The molecule has 0 radical (unpaired) electrons. The SMILES string of the molecule is CC/C=C\C/C=C\C/C=C\C/C=C\C/C=C\CCCC(=O)OCC(COP(=O)(O)OCC(CO)OC(=O)CCCCCCCCCCCCC)OC(=O)CCCCCCCCCCC/C=C\CCCCCCCC. The van der Waals surface area contributed by atoms with E-state index in [9.17, 15) is 28.9 Å². The Balaban J connectivity index is 4.78. The van der Waals surface area contributed by atoms with Gasteiger partial charge in [-0.3, -0.25) is 23.4 Å². The lowest BCUT2D eigenvalue weighted by molar-refractivity contribution is -0.161. The first-order valence-corrected chi connectivity index (χ1v) is 31.3. The Morgan fingerprint density at radius 3 is 1.14 bits per heavy atom. The van der Waals surface area contributed by atoms with Gasteiger partial charge in [0.1, 0.15) is 12.7 Å². The Bertz CT molecular complexity index is 1520. The second kappa shape index (κ2) is 56.1. The van der Waals surface area contributed by atoms with Crippen LogP contribution in [0.4, 0.5) is 0 Å². The van der Waals surface area contributed by atoms with Crippen molar-refractivity contribution < 1.29 is 52.2 Å². The summed E-state index contributed by atoms with van der Waals surface area (Å²) in [5.41, 5.74) is 0. The Morgan fingerprint density at radius 2 is 0.716 bits per heavy atom. The normalized spacial score (nSPS) is 13.9. The van der Waals surface area contributed by atoms with Gasteiger partial charge in [-0.1, -0.05) is 235 Å². The summed E-state index contributed by atoms with van der Waals surface area (Å²) in [4.78, 5) is 48.5. The highest BCUT2D eigenvalue weighted by molar-refractivity contribution is 7.47. The number of unbranched alkanes of at least 4 members (excludes halogenated alkanes) is 26. The molecule has 3 atom stereocenters. The molecular weight excluding hydrogens is 952 g/mol. The lowest BCUT2D eigenvalue weighted by atomic mass is 10.1. The van der Waals surface area contributed by atoms with E-state index in [0.717, 1.165) is 70.6 Å². The minimum Gasteiger partial charge on any atom is -0.462 e. The number of phosphoric ester groups is 1. The molecule has 0 saturated heterocycles. The van der Waals surface area contributed by atoms with Crippen molar-refractivity contribution in [1.82, 2.24) is 0 Å². The van der Waals surface area contributed by atoms with E-state index in [1.807, 2.05) is 6.08 Å². The molecule has 12 heteroatoms. The molecule has 0 aromatic carbocycles. The van der Waals surface area contributed by atoms with Crippen molar-refractivity contribution in [3.63, 3.8) is 0 Å². The van der Waals surface area contributed by atoms with Gasteiger partial charge in [0.25, 0.3) is 0 Å². The van der Waals surface area contributed by atoms with Crippen LogP contribution in [0.1, 0.15) is 265 Å². The number of carbonyl (C=O) groups is 3. The van der Waals surface area contributed by atoms with Crippen LogP contribution in [-0.2, 0) is 42.2 Å². The maximum absolute atomic E-state index is 12.9. The number of aliphatic hydroxyl groups excluding tert-OH is 1. The van der Waals surface area contributed by atoms with Gasteiger partial charge in [-0.2, -0.15) is 0 Å². The predicted molar refractivity (Wildman–Crippen MR) is 307 cm³/mol. The van der Waals surface area contributed by atoms with Crippen molar-refractivity contribution in [2.75, 3.05) is 26.4 Å². The molecule has 0 aliphatic rings. The number of phosphoric acid groups is 1. The van der Waals surface area contributed by atoms with E-state index in [-0.39, 0.29) is 25.9 Å². The second-order valence-corrected chi connectivity index (χ2v) is 21.2. The van der Waals surface area contributed by atoms with Crippen molar-refractivity contribution >= 4 is 25.7 Å². The Kier molecular flexibility index (Phi) is 53.8. The minimum absolute atomic E-state index is 0.147. The van der Waals surface area contributed by atoms with E-state index in [4.69, 9.17) is 23.3 Å². The molecule has 74 heavy (non-hydrogen) atoms. The molecule has 0 fully saturated rings. The van der Waals surface area contributed by atoms with Crippen LogP contribution in [0.3, 0.4) is 0 Å². The number of esters is 3. The molecule has 0 aliphatic heterocycles. The van der Waals surface area contributed by atoms with Crippen LogP contribution in [0.15, 0.2) is 72.9 Å². The maximum atomic E-state index is 12.9. The average Bonchev–Trinajstić information content (AvgIpc) is 3.39. The monoisotopic (exact) mass is 1060 g/mol. The molecule has 3 unspecified atom stereocenters. The molecule has 428 valence electrons. The summed E-state index contributed by atoms with van der Waals surface area (Å²) in [6, 6.07) is 0. The third kappa shape index (κ3) is 53.7. The number of allylic oxidation sites excluding steroid dienone is 12. The van der Waals surface area contributed by atoms with Gasteiger partial charge in [0.2, 0.25) is 0 Å². The van der Waals surface area contributed by atoms with Gasteiger partial charge < -0.3 is 24.2 Å². The van der Waals surface area contributed by atoms with E-state index < -0.39 is 57.8 Å². The third-order valence-electron chi connectivity index (χ3n) is 12.6. The summed E-state index contributed by atoms with van der Waals surface area (Å²) in [5, 5.41) is 9.80. The summed E-state index contributed by atoms with van der Waals surface area (Å²) in [7, 11) is -4.76. The minimum atomic E-state index is -4.76. The molecule has 0 saturated carbocycles. The van der Waals surface area contributed by atoms with Crippen LogP contribution in [0.5, 0.6) is 0 Å². The van der Waals surface area contributed by atoms with Gasteiger partial charge in [-0.25, -0.2) is 4.57 Å². The first-order chi connectivity index (χ1) is 36.2. The number of rotatable bonds is 55. The van der Waals surface area contributed by atoms with E-state index in [1.54, 1.807) is 0 Å². The molecule has 0 aromatic rings. The number of hydrogen-bond acceptors (Lipinski definition) is 10. The molecule has 0 bridgehead atoms. The molecule has 0 heterocycles. The lowest BCUT2D eigenvalue weighted by Gasteiger charge is -2.21. The van der Waals surface area contributed by atoms with Crippen LogP contribution in [0.2, 0.25) is 0 Å². The fourth-order valence-corrected chi connectivity index (χ4v) is 8.88. The second-order valence-electron chi connectivity index (χ2n) is 19.8. The quantitative estimate of drug-likeness (QED) is 0.0197. The summed E-state index contributed by atoms with van der Waals surface area (Å²) in [5.74, 6) is -1.53. The van der Waals surface area contributed by atoms with Crippen LogP contribution >= 0.6 is 7.82 Å². The largest absolute Gasteiger partial charge is 0.472 e. The van der Waals surface area contributed by atoms with E-state index in [1.165, 1.54) is 128 Å². The van der Waals surface area contributed by atoms with Crippen molar-refractivity contribution in [1.29, 1.82) is 0 Å². The average molecular weight is 1060 g/mol. The molecular formula is C62H109O11P. The third-order valence-corrected chi connectivity index (χ3v) is 13.6. The van der Waals surface area contributed by atoms with Crippen LogP contribution < -0.4 is 0 Å². The molecule has 0 aromatic heterocycles. The van der Waals surface area contributed by atoms with Crippen molar-refractivity contribution in [2.45, 2.75) is 277 Å². The van der Waals surface area contributed by atoms with Crippen molar-refractivity contribution in [2.24, 2.45) is 0 Å². The first kappa shape index (κ1) is 70.9. The first-order valence-electron chi connectivity index (χ1n) is 29.8. The number of aliphatic hydroxyl groups is 1. The summed E-state index contributed by atoms with van der Waals surface area (Å²) < 4.78 is 39.5. The standard InChI is InChI=1S/C62H109O11P/c1-4-7-10-13-16-19-22-24-26-28-29-31-33-35-38-41-44-47-50-53-62(66)73-59(55-69-60(64)51-48-45-42-39-37-34-32-30-27-25-23-20-17-14-11-8-5-2)57-71-74(67,68)70-56-58(54-63)72-61(65)52-49-46-43-40-36-21-18-15-12-9-6-3/h8,11,17,20,24-27,32,34,39,42,58-59,63H,4-7,9-10,12-16,18-19,21-23,28-31,33,35-38,40-41,43-57H2,1-3H3,(H,67,68)/b11-8-,20-17-,26-24-,27-25-,34-32-,42-39-. The molecule has 0 aliphatic carbocycles. The summed E-state index contributed by atoms with van der Waals surface area (Å²) in [6.07, 6.45) is 63.0. The maximum Gasteiger partial charge on any atom is 0.472 e. The highest BCUT2D eigenvalue weighted by atomic mass is 31.2. The zero-order valence-corrected chi connectivity index (χ0v) is 48.2. The van der Waals surface area contributed by atoms with Crippen LogP contribution in [0, 0.1) is 0 Å². The predicted octanol–water partition coefficient (Wildman–Crippen LogP) is 17.7. The fourth-order valence-electron chi connectivity index (χ4n) is 8.09. The molecule has 0 spiro atoms. The summed E-state index contributed by atoms with van der Waals surface area (Å²) >= 11 is 0. The van der Waals surface area contributed by atoms with Crippen LogP contribution in [0.25, 0.3) is 0 Å². The van der Waals surface area contributed by atoms with Gasteiger partial charge in [0.05, 0.1) is 19.8 Å². The molecule has 2 N–H and O–H groups in total. The summed E-state index contributed by atoms with van der Waals surface area (Å²) in [6.45, 7) is 4.48. The number of carbonyl (C=O) groups excluding carboxylic acids is 3. The Morgan fingerprint density at radius 1 is 0.392 bits per heavy atom. The van der Waals surface area contributed by atoms with E-state index in [2.05, 4.69) is 87.6 Å². The Hall–Kier alpha value is -3.08. The zero-order valence-electron chi connectivity index (χ0n) is 47.3. The van der Waals surface area contributed by atoms with Gasteiger partial charge >= 0.3 is 25.7 Å². The van der Waals surface area contributed by atoms with Gasteiger partial charge in [-0.05, 0) is 83.5 Å². The fraction of sp³-hybridized carbons (Fsp3) is 0.758. The van der Waals surface area contributed by atoms with Gasteiger partial charge in [-0.15, -0.1) is 0 Å². The van der Waals surface area contributed by atoms with E-state index in [0.29, 0.717) is 25.7 Å². The smallest absolute Gasteiger partial charge is 0.462 e. The van der Waals surface area contributed by atoms with Crippen LogP contribution in [-0.4, -0.2) is 66.5 Å². The Labute approximate surface area is 452 Å². The van der Waals surface area contributed by atoms with E-state index >= 15 is 0 Å². The number of hydrogen-bond donors (Lipinski definition) is 2.